The van der Waals surface area contributed by atoms with Gasteiger partial charge in [-0.05, 0) is 25.1 Å². The van der Waals surface area contributed by atoms with Crippen LogP contribution in [0.25, 0.3) is 22.0 Å². The smallest absolute Gasteiger partial charge is 0.347 e. The minimum Gasteiger partial charge on any atom is -0.477 e. The molecule has 8 nitrogen and oxygen atoms in total. The second-order valence-electron chi connectivity index (χ2n) is 4.78. The van der Waals surface area contributed by atoms with Crippen LogP contribution in [0, 0.1) is 18.3 Å². The number of pyridine rings is 1. The number of aromatic nitrogens is 4. The lowest BCUT2D eigenvalue weighted by atomic mass is 10.1. The van der Waals surface area contributed by atoms with Crippen LogP contribution in [0.5, 0.6) is 0 Å². The Morgan fingerprint density at radius 2 is 2.08 bits per heavy atom. The maximum Gasteiger partial charge on any atom is 0.347 e. The van der Waals surface area contributed by atoms with E-state index in [-0.39, 0.29) is 16.1 Å². The second kappa shape index (κ2) is 6.02. The van der Waals surface area contributed by atoms with Gasteiger partial charge in [-0.3, -0.25) is 4.79 Å². The fraction of sp³-hybridized carbons (Fsp3) is 0.0667. The number of hydrogen-bond acceptors (Lipinski definition) is 7. The average Bonchev–Trinajstić information content (AvgIpc) is 2.97. The highest BCUT2D eigenvalue weighted by Crippen LogP contribution is 2.30. The molecule has 0 fully saturated rings. The Morgan fingerprint density at radius 1 is 1.29 bits per heavy atom. The van der Waals surface area contributed by atoms with E-state index in [4.69, 9.17) is 5.11 Å². The summed E-state index contributed by atoms with van der Waals surface area (Å²) in [6, 6.07) is 7.92. The number of carbonyl (C=O) groups is 1. The molecule has 0 aliphatic rings. The summed E-state index contributed by atoms with van der Waals surface area (Å²) in [7, 11) is 0. The second-order valence-corrected chi connectivity index (χ2v) is 5.78. The number of hydrogen-bond donors (Lipinski definition) is 2. The fourth-order valence-electron chi connectivity index (χ4n) is 2.05. The number of H-pyrrole nitrogens is 1. The average molecular weight is 339 g/mol. The van der Waals surface area contributed by atoms with E-state index >= 15 is 0 Å². The minimum atomic E-state index is -1.05. The minimum absolute atomic E-state index is 0.139. The Labute approximate surface area is 139 Å². The number of rotatable bonds is 3. The van der Waals surface area contributed by atoms with E-state index in [9.17, 15) is 14.9 Å². The maximum absolute atomic E-state index is 11.2. The molecule has 9 heteroatoms. The first-order chi connectivity index (χ1) is 11.5. The van der Waals surface area contributed by atoms with Crippen LogP contribution in [0.1, 0.15) is 21.1 Å². The molecule has 2 N–H and O–H groups in total. The normalized spacial score (nSPS) is 10.3. The third-order valence-corrected chi connectivity index (χ3v) is 4.31. The molecule has 0 aliphatic heterocycles. The van der Waals surface area contributed by atoms with E-state index < -0.39 is 5.97 Å². The van der Waals surface area contributed by atoms with E-state index in [1.54, 1.807) is 13.0 Å². The first-order valence-electron chi connectivity index (χ1n) is 6.67. The predicted molar refractivity (Wildman–Crippen MR) is 85.6 cm³/mol. The van der Waals surface area contributed by atoms with Crippen molar-refractivity contribution in [2.45, 2.75) is 6.92 Å². The van der Waals surface area contributed by atoms with E-state index in [1.807, 2.05) is 6.07 Å². The summed E-state index contributed by atoms with van der Waals surface area (Å²) in [5, 5.41) is 25.0. The van der Waals surface area contributed by atoms with Gasteiger partial charge in [0, 0.05) is 11.6 Å². The summed E-state index contributed by atoms with van der Waals surface area (Å²) in [5.41, 5.74) is 1.52. The van der Waals surface area contributed by atoms with Crippen LogP contribution in [0.15, 0.2) is 29.1 Å². The van der Waals surface area contributed by atoms with E-state index in [1.165, 1.54) is 18.2 Å². The number of nitrogens with zero attached hydrogens (tertiary/aromatic N) is 4. The zero-order valence-electron chi connectivity index (χ0n) is 12.3. The standard InChI is InChI=1S/C15H9N5O3S/c1-7-13(15(22)23)24-14(17-7)8-4-9(6-16)18-11(5-8)10-2-3-12(21)20-19-10/h2-5H,1H3,(H,20,21)(H,22,23). The Morgan fingerprint density at radius 3 is 2.67 bits per heavy atom. The molecule has 0 aliphatic carbocycles. The molecule has 3 heterocycles. The Balaban J connectivity index is 2.15. The molecule has 0 spiro atoms. The van der Waals surface area contributed by atoms with Crippen LogP contribution in [0.2, 0.25) is 0 Å². The number of carboxylic acid groups (broad SMARTS) is 1. The first kappa shape index (κ1) is 15.5. The van der Waals surface area contributed by atoms with Gasteiger partial charge >= 0.3 is 5.97 Å². The molecule has 3 aromatic heterocycles. The molecule has 0 saturated carbocycles. The van der Waals surface area contributed by atoms with Crippen molar-refractivity contribution in [3.8, 4) is 28.0 Å². The number of carboxylic acids is 1. The van der Waals surface area contributed by atoms with Crippen LogP contribution in [0.4, 0.5) is 0 Å². The molecular formula is C15H9N5O3S. The van der Waals surface area contributed by atoms with Gasteiger partial charge in [-0.2, -0.15) is 10.4 Å². The SMILES string of the molecule is Cc1nc(-c2cc(C#N)nc(-c3ccc(=O)[nH]n3)c2)sc1C(=O)O. The number of nitrogens with one attached hydrogen (secondary N) is 1. The van der Waals surface area contributed by atoms with Gasteiger partial charge in [-0.15, -0.1) is 11.3 Å². The van der Waals surface area contributed by atoms with Gasteiger partial charge in [-0.1, -0.05) is 0 Å². The predicted octanol–water partition coefficient (Wildman–Crippen LogP) is 1.83. The van der Waals surface area contributed by atoms with Crippen molar-refractivity contribution in [3.63, 3.8) is 0 Å². The highest BCUT2D eigenvalue weighted by atomic mass is 32.1. The fourth-order valence-corrected chi connectivity index (χ4v) is 2.94. The summed E-state index contributed by atoms with van der Waals surface area (Å²) in [5.74, 6) is -1.05. The van der Waals surface area contributed by atoms with Crippen molar-refractivity contribution >= 4 is 17.3 Å². The highest BCUT2D eigenvalue weighted by Gasteiger charge is 2.17. The lowest BCUT2D eigenvalue weighted by Gasteiger charge is -2.03. The maximum atomic E-state index is 11.2. The molecule has 0 amide bonds. The van der Waals surface area contributed by atoms with Gasteiger partial charge in [-0.25, -0.2) is 19.9 Å². The number of aryl methyl sites for hydroxylation is 1. The van der Waals surface area contributed by atoms with Gasteiger partial charge in [0.15, 0.2) is 0 Å². The van der Waals surface area contributed by atoms with Crippen molar-refractivity contribution in [2.75, 3.05) is 0 Å². The molecule has 24 heavy (non-hydrogen) atoms. The number of aromatic carboxylic acids is 1. The van der Waals surface area contributed by atoms with Crippen molar-refractivity contribution in [1.29, 1.82) is 5.26 Å². The van der Waals surface area contributed by atoms with Crippen molar-refractivity contribution in [2.24, 2.45) is 0 Å². The number of thiazole rings is 1. The summed E-state index contributed by atoms with van der Waals surface area (Å²) in [4.78, 5) is 30.8. The number of aromatic amines is 1. The molecule has 3 rings (SSSR count). The van der Waals surface area contributed by atoms with Crippen molar-refractivity contribution in [1.82, 2.24) is 20.2 Å². The lowest BCUT2D eigenvalue weighted by Crippen LogP contribution is -2.06. The van der Waals surface area contributed by atoms with Crippen LogP contribution in [0.3, 0.4) is 0 Å². The lowest BCUT2D eigenvalue weighted by molar-refractivity contribution is 0.0701. The van der Waals surface area contributed by atoms with E-state index in [2.05, 4.69) is 20.2 Å². The molecule has 0 aromatic carbocycles. The Bertz CT molecular complexity index is 1030. The van der Waals surface area contributed by atoms with Crippen LogP contribution < -0.4 is 5.56 Å². The third kappa shape index (κ3) is 2.90. The molecular weight excluding hydrogens is 330 g/mol. The van der Waals surface area contributed by atoms with Crippen molar-refractivity contribution in [3.05, 3.63) is 50.9 Å². The van der Waals surface area contributed by atoms with Gasteiger partial charge in [0.25, 0.3) is 5.56 Å². The molecule has 0 radical (unpaired) electrons. The van der Waals surface area contributed by atoms with E-state index in [0.29, 0.717) is 27.7 Å². The Kier molecular flexibility index (Phi) is 3.89. The zero-order valence-corrected chi connectivity index (χ0v) is 13.1. The summed E-state index contributed by atoms with van der Waals surface area (Å²) < 4.78 is 0. The van der Waals surface area contributed by atoms with Gasteiger partial charge < -0.3 is 5.11 Å². The van der Waals surface area contributed by atoms with Crippen LogP contribution in [-0.2, 0) is 0 Å². The summed E-state index contributed by atoms with van der Waals surface area (Å²) in [6.07, 6.45) is 0. The summed E-state index contributed by atoms with van der Waals surface area (Å²) >= 11 is 1.02. The van der Waals surface area contributed by atoms with Crippen LogP contribution in [-0.4, -0.2) is 31.2 Å². The van der Waals surface area contributed by atoms with Gasteiger partial charge in [0.2, 0.25) is 0 Å². The quantitative estimate of drug-likeness (QED) is 0.743. The molecule has 0 unspecified atom stereocenters. The van der Waals surface area contributed by atoms with Crippen molar-refractivity contribution < 1.29 is 9.90 Å². The molecule has 0 saturated heterocycles. The highest BCUT2D eigenvalue weighted by molar-refractivity contribution is 7.17. The number of nitriles is 1. The molecule has 118 valence electrons. The van der Waals surface area contributed by atoms with Gasteiger partial charge in [0.05, 0.1) is 11.4 Å². The van der Waals surface area contributed by atoms with Gasteiger partial charge in [0.1, 0.15) is 27.3 Å². The topological polar surface area (TPSA) is 133 Å². The largest absolute Gasteiger partial charge is 0.477 e. The molecule has 3 aromatic rings. The Hall–Kier alpha value is -3.38. The van der Waals surface area contributed by atoms with E-state index in [0.717, 1.165) is 11.3 Å². The zero-order chi connectivity index (χ0) is 17.3. The first-order valence-corrected chi connectivity index (χ1v) is 7.49. The van der Waals surface area contributed by atoms with Crippen LogP contribution >= 0.6 is 11.3 Å². The summed E-state index contributed by atoms with van der Waals surface area (Å²) in [6.45, 7) is 1.61. The monoisotopic (exact) mass is 339 g/mol. The third-order valence-electron chi connectivity index (χ3n) is 3.12. The molecule has 0 atom stereocenters. The molecule has 0 bridgehead atoms.